The van der Waals surface area contributed by atoms with Gasteiger partial charge < -0.3 is 4.74 Å². The van der Waals surface area contributed by atoms with Gasteiger partial charge in [0.05, 0.1) is 12.5 Å². The Balaban J connectivity index is 3.25. The van der Waals surface area contributed by atoms with E-state index in [1.54, 1.807) is 26.0 Å². The fourth-order valence-corrected chi connectivity index (χ4v) is 2.26. The first kappa shape index (κ1) is 12.5. The highest BCUT2D eigenvalue weighted by Gasteiger charge is 2.32. The SMILES string of the molecule is COC(=O)C(C)(C)c1cc(Cl)ccc1Br. The molecular formula is C11H12BrClO2. The maximum atomic E-state index is 11.6. The van der Waals surface area contributed by atoms with Gasteiger partial charge in [0.2, 0.25) is 0 Å². The number of carbonyl (C=O) groups is 1. The summed E-state index contributed by atoms with van der Waals surface area (Å²) in [6.45, 7) is 3.60. The van der Waals surface area contributed by atoms with Crippen LogP contribution in [0.4, 0.5) is 0 Å². The molecule has 0 amide bonds. The van der Waals surface area contributed by atoms with Crippen molar-refractivity contribution >= 4 is 33.5 Å². The van der Waals surface area contributed by atoms with Gasteiger partial charge in [-0.2, -0.15) is 0 Å². The Hall–Kier alpha value is -0.540. The van der Waals surface area contributed by atoms with Crippen LogP contribution in [0.5, 0.6) is 0 Å². The van der Waals surface area contributed by atoms with Gasteiger partial charge in [0, 0.05) is 9.50 Å². The van der Waals surface area contributed by atoms with E-state index < -0.39 is 5.41 Å². The number of hydrogen-bond donors (Lipinski definition) is 0. The summed E-state index contributed by atoms with van der Waals surface area (Å²) in [6.07, 6.45) is 0. The summed E-state index contributed by atoms with van der Waals surface area (Å²) in [4.78, 5) is 11.6. The molecule has 0 atom stereocenters. The van der Waals surface area contributed by atoms with Crippen molar-refractivity contribution in [1.82, 2.24) is 0 Å². The molecular weight excluding hydrogens is 279 g/mol. The number of ether oxygens (including phenoxy) is 1. The first-order valence-corrected chi connectivity index (χ1v) is 5.60. The summed E-state index contributed by atoms with van der Waals surface area (Å²) in [6, 6.07) is 5.35. The van der Waals surface area contributed by atoms with Gasteiger partial charge in [-0.25, -0.2) is 0 Å². The lowest BCUT2D eigenvalue weighted by atomic mass is 9.85. The van der Waals surface area contributed by atoms with E-state index in [4.69, 9.17) is 16.3 Å². The lowest BCUT2D eigenvalue weighted by Gasteiger charge is -2.23. The number of esters is 1. The molecule has 0 aliphatic carbocycles. The predicted octanol–water partition coefficient (Wildman–Crippen LogP) is 3.55. The van der Waals surface area contributed by atoms with Crippen LogP contribution in [0.1, 0.15) is 19.4 Å². The fourth-order valence-electron chi connectivity index (χ4n) is 1.34. The molecule has 0 aliphatic heterocycles. The minimum atomic E-state index is -0.710. The summed E-state index contributed by atoms with van der Waals surface area (Å²) in [5.74, 6) is -0.287. The van der Waals surface area contributed by atoms with Crippen molar-refractivity contribution in [1.29, 1.82) is 0 Å². The zero-order valence-electron chi connectivity index (χ0n) is 8.80. The van der Waals surface area contributed by atoms with Gasteiger partial charge in [-0.05, 0) is 37.6 Å². The zero-order valence-corrected chi connectivity index (χ0v) is 11.1. The van der Waals surface area contributed by atoms with Crippen molar-refractivity contribution < 1.29 is 9.53 Å². The molecule has 4 heteroatoms. The van der Waals surface area contributed by atoms with E-state index in [1.807, 2.05) is 6.07 Å². The summed E-state index contributed by atoms with van der Waals surface area (Å²) in [5, 5.41) is 0.602. The third-order valence-corrected chi connectivity index (χ3v) is 3.22. The average Bonchev–Trinajstić information content (AvgIpc) is 2.20. The number of hydrogen-bond acceptors (Lipinski definition) is 2. The topological polar surface area (TPSA) is 26.3 Å². The number of halogens is 2. The maximum absolute atomic E-state index is 11.6. The Labute approximate surface area is 103 Å². The van der Waals surface area contributed by atoms with Gasteiger partial charge in [-0.1, -0.05) is 27.5 Å². The van der Waals surface area contributed by atoms with Crippen LogP contribution in [0.15, 0.2) is 22.7 Å². The molecule has 0 saturated heterocycles. The van der Waals surface area contributed by atoms with Crippen molar-refractivity contribution in [3.63, 3.8) is 0 Å². The van der Waals surface area contributed by atoms with E-state index in [0.29, 0.717) is 5.02 Å². The molecule has 15 heavy (non-hydrogen) atoms. The lowest BCUT2D eigenvalue weighted by molar-refractivity contribution is -0.146. The molecule has 1 aromatic carbocycles. The third-order valence-electron chi connectivity index (χ3n) is 2.30. The van der Waals surface area contributed by atoms with Crippen molar-refractivity contribution in [2.24, 2.45) is 0 Å². The first-order chi connectivity index (χ1) is 6.89. The summed E-state index contributed by atoms with van der Waals surface area (Å²) >= 11 is 9.30. The van der Waals surface area contributed by atoms with Gasteiger partial charge in [-0.15, -0.1) is 0 Å². The highest BCUT2D eigenvalue weighted by Crippen LogP contribution is 2.33. The molecule has 0 saturated carbocycles. The molecule has 1 aromatic rings. The van der Waals surface area contributed by atoms with Gasteiger partial charge in [0.15, 0.2) is 0 Å². The van der Waals surface area contributed by atoms with E-state index >= 15 is 0 Å². The minimum Gasteiger partial charge on any atom is -0.468 e. The Bertz CT molecular complexity index is 388. The van der Waals surface area contributed by atoms with Gasteiger partial charge in [0.25, 0.3) is 0 Å². The standard InChI is InChI=1S/C11H12BrClO2/c1-11(2,10(14)15-3)8-6-7(13)4-5-9(8)12/h4-6H,1-3H3. The Morgan fingerprint density at radius 3 is 2.60 bits per heavy atom. The van der Waals surface area contributed by atoms with Crippen LogP contribution in [0.25, 0.3) is 0 Å². The first-order valence-electron chi connectivity index (χ1n) is 4.43. The molecule has 0 fully saturated rings. The molecule has 2 nitrogen and oxygen atoms in total. The van der Waals surface area contributed by atoms with E-state index in [2.05, 4.69) is 15.9 Å². The van der Waals surface area contributed by atoms with Crippen LogP contribution in [-0.2, 0) is 14.9 Å². The second kappa shape index (κ2) is 4.54. The average molecular weight is 292 g/mol. The van der Waals surface area contributed by atoms with Gasteiger partial charge in [-0.3, -0.25) is 4.79 Å². The monoisotopic (exact) mass is 290 g/mol. The quantitative estimate of drug-likeness (QED) is 0.779. The molecule has 0 spiro atoms. The molecule has 0 bridgehead atoms. The van der Waals surface area contributed by atoms with Crippen molar-refractivity contribution in [2.75, 3.05) is 7.11 Å². The van der Waals surface area contributed by atoms with Gasteiger partial charge in [0.1, 0.15) is 0 Å². The number of benzene rings is 1. The molecule has 82 valence electrons. The summed E-state index contributed by atoms with van der Waals surface area (Å²) in [7, 11) is 1.38. The largest absolute Gasteiger partial charge is 0.468 e. The molecule has 0 N–H and O–H groups in total. The van der Waals surface area contributed by atoms with Crippen molar-refractivity contribution in [3.8, 4) is 0 Å². The third kappa shape index (κ3) is 2.52. The zero-order chi connectivity index (χ0) is 11.6. The van der Waals surface area contributed by atoms with E-state index in [1.165, 1.54) is 7.11 Å². The van der Waals surface area contributed by atoms with E-state index in [0.717, 1.165) is 10.0 Å². The normalized spacial score (nSPS) is 11.3. The van der Waals surface area contributed by atoms with Crippen LogP contribution in [0.2, 0.25) is 5.02 Å². The number of rotatable bonds is 2. The fraction of sp³-hybridized carbons (Fsp3) is 0.364. The Morgan fingerprint density at radius 1 is 1.47 bits per heavy atom. The molecule has 0 aromatic heterocycles. The molecule has 1 rings (SSSR count). The highest BCUT2D eigenvalue weighted by molar-refractivity contribution is 9.10. The van der Waals surface area contributed by atoms with E-state index in [-0.39, 0.29) is 5.97 Å². The van der Waals surface area contributed by atoms with E-state index in [9.17, 15) is 4.79 Å². The Kier molecular flexibility index (Phi) is 3.79. The van der Waals surface area contributed by atoms with Crippen molar-refractivity contribution in [3.05, 3.63) is 33.3 Å². The van der Waals surface area contributed by atoms with Gasteiger partial charge >= 0.3 is 5.97 Å². The van der Waals surface area contributed by atoms with Crippen molar-refractivity contribution in [2.45, 2.75) is 19.3 Å². The molecule has 0 radical (unpaired) electrons. The van der Waals surface area contributed by atoms with Crippen LogP contribution in [0, 0.1) is 0 Å². The van der Waals surface area contributed by atoms with Crippen LogP contribution >= 0.6 is 27.5 Å². The predicted molar refractivity (Wildman–Crippen MR) is 64.2 cm³/mol. The van der Waals surface area contributed by atoms with Crippen LogP contribution in [0.3, 0.4) is 0 Å². The lowest BCUT2D eigenvalue weighted by Crippen LogP contribution is -2.30. The smallest absolute Gasteiger partial charge is 0.315 e. The minimum absolute atomic E-state index is 0.287. The summed E-state index contributed by atoms with van der Waals surface area (Å²) in [5.41, 5.74) is 0.111. The van der Waals surface area contributed by atoms with Crippen LogP contribution in [-0.4, -0.2) is 13.1 Å². The summed E-state index contributed by atoms with van der Waals surface area (Å²) < 4.78 is 5.61. The second-order valence-electron chi connectivity index (χ2n) is 3.74. The highest BCUT2D eigenvalue weighted by atomic mass is 79.9. The second-order valence-corrected chi connectivity index (χ2v) is 5.03. The number of carbonyl (C=O) groups excluding carboxylic acids is 1. The molecule has 0 unspecified atom stereocenters. The number of methoxy groups -OCH3 is 1. The molecule has 0 heterocycles. The molecule has 0 aliphatic rings. The maximum Gasteiger partial charge on any atom is 0.315 e. The van der Waals surface area contributed by atoms with Crippen LogP contribution < -0.4 is 0 Å². The Morgan fingerprint density at radius 2 is 2.07 bits per heavy atom.